The summed E-state index contributed by atoms with van der Waals surface area (Å²) in [5.74, 6) is 1.27. The van der Waals surface area contributed by atoms with Gasteiger partial charge in [0.05, 0.1) is 40.5 Å². The van der Waals surface area contributed by atoms with Gasteiger partial charge in [-0.25, -0.2) is 4.98 Å². The number of imidazole rings is 1. The summed E-state index contributed by atoms with van der Waals surface area (Å²) in [4.78, 5) is 32.7. The molecule has 1 aliphatic carbocycles. The third-order valence-corrected chi connectivity index (χ3v) is 8.38. The fraction of sp³-hybridized carbons (Fsp3) is 0.387. The van der Waals surface area contributed by atoms with Crippen molar-refractivity contribution in [3.05, 3.63) is 48.9 Å². The van der Waals surface area contributed by atoms with Gasteiger partial charge < -0.3 is 15.2 Å². The second-order valence-electron chi connectivity index (χ2n) is 11.2. The molecule has 1 aliphatic heterocycles. The van der Waals surface area contributed by atoms with Crippen molar-refractivity contribution < 1.29 is 4.79 Å². The number of amides is 1. The highest BCUT2D eigenvalue weighted by Crippen LogP contribution is 2.33. The minimum absolute atomic E-state index is 0.0557. The number of carbonyl (C=O) groups is 1. The van der Waals surface area contributed by atoms with Crippen LogP contribution in [0.5, 0.6) is 0 Å². The number of para-hydroxylation sites is 1. The van der Waals surface area contributed by atoms with E-state index in [1.807, 2.05) is 12.1 Å². The molecular weight excluding hydrogens is 500 g/mol. The lowest BCUT2D eigenvalue weighted by atomic mass is 9.87. The molecule has 9 nitrogen and oxygen atoms in total. The topological polar surface area (TPSA) is 115 Å². The SMILES string of the molecule is O=C(CC1CCCCC1)Nc1cncc(-c2cc3c(-c4nc5c(N6CCCCC6)cccc5[nH]4)n[nH]c3cn2)c1. The van der Waals surface area contributed by atoms with Crippen molar-refractivity contribution in [1.82, 2.24) is 30.1 Å². The first-order valence-electron chi connectivity index (χ1n) is 14.5. The summed E-state index contributed by atoms with van der Waals surface area (Å²) in [5.41, 5.74) is 7.03. The summed E-state index contributed by atoms with van der Waals surface area (Å²) in [5, 5.41) is 11.7. The summed E-state index contributed by atoms with van der Waals surface area (Å²) in [7, 11) is 0. The van der Waals surface area contributed by atoms with Gasteiger partial charge in [0.25, 0.3) is 0 Å². The van der Waals surface area contributed by atoms with Crippen LogP contribution in [0.15, 0.2) is 48.9 Å². The molecule has 2 aliphatic rings. The van der Waals surface area contributed by atoms with Crippen molar-refractivity contribution in [3.63, 3.8) is 0 Å². The number of fused-ring (bicyclic) bond motifs is 2. The van der Waals surface area contributed by atoms with Gasteiger partial charge in [-0.2, -0.15) is 5.10 Å². The molecule has 5 heterocycles. The van der Waals surface area contributed by atoms with Crippen molar-refractivity contribution in [2.75, 3.05) is 23.3 Å². The summed E-state index contributed by atoms with van der Waals surface area (Å²) in [6.45, 7) is 2.13. The predicted octanol–water partition coefficient (Wildman–Crippen LogP) is 6.46. The summed E-state index contributed by atoms with van der Waals surface area (Å²) in [6.07, 6.45) is 15.6. The van der Waals surface area contributed by atoms with Crippen LogP contribution >= 0.6 is 0 Å². The largest absolute Gasteiger partial charge is 0.370 e. The highest BCUT2D eigenvalue weighted by molar-refractivity contribution is 5.97. The molecule has 1 saturated carbocycles. The Morgan fingerprint density at radius 3 is 2.70 bits per heavy atom. The van der Waals surface area contributed by atoms with Crippen molar-refractivity contribution in [2.24, 2.45) is 5.92 Å². The summed E-state index contributed by atoms with van der Waals surface area (Å²) in [6, 6.07) is 10.3. The van der Waals surface area contributed by atoms with Gasteiger partial charge >= 0.3 is 0 Å². The third kappa shape index (κ3) is 4.92. The van der Waals surface area contributed by atoms with E-state index >= 15 is 0 Å². The fourth-order valence-electron chi connectivity index (χ4n) is 6.29. The lowest BCUT2D eigenvalue weighted by Crippen LogP contribution is -2.29. The van der Waals surface area contributed by atoms with E-state index in [-0.39, 0.29) is 5.91 Å². The van der Waals surface area contributed by atoms with Crippen molar-refractivity contribution in [2.45, 2.75) is 57.8 Å². The van der Waals surface area contributed by atoms with Gasteiger partial charge in [-0.1, -0.05) is 25.3 Å². The monoisotopic (exact) mass is 534 g/mol. The molecule has 9 heteroatoms. The number of nitrogens with one attached hydrogen (secondary N) is 3. The van der Waals surface area contributed by atoms with Gasteiger partial charge in [0.2, 0.25) is 5.91 Å². The lowest BCUT2D eigenvalue weighted by Gasteiger charge is -2.28. The second-order valence-corrected chi connectivity index (χ2v) is 11.2. The van der Waals surface area contributed by atoms with Crippen molar-refractivity contribution >= 4 is 39.2 Å². The van der Waals surface area contributed by atoms with Gasteiger partial charge in [-0.05, 0) is 62.3 Å². The zero-order valence-corrected chi connectivity index (χ0v) is 22.6. The Kier molecular flexibility index (Phi) is 6.63. The van der Waals surface area contributed by atoms with Crippen LogP contribution < -0.4 is 10.2 Å². The number of carbonyl (C=O) groups excluding carboxylic acids is 1. The Labute approximate surface area is 232 Å². The van der Waals surface area contributed by atoms with Gasteiger partial charge in [0.1, 0.15) is 11.2 Å². The molecule has 0 unspecified atom stereocenters. The van der Waals surface area contributed by atoms with Crippen molar-refractivity contribution in [1.29, 1.82) is 0 Å². The second kappa shape index (κ2) is 10.7. The number of aromatic amines is 2. The molecule has 4 aromatic heterocycles. The Balaban J connectivity index is 1.17. The maximum absolute atomic E-state index is 12.7. The Hall–Kier alpha value is -4.27. The Bertz CT molecular complexity index is 1660. The smallest absolute Gasteiger partial charge is 0.224 e. The number of pyridine rings is 2. The van der Waals surface area contributed by atoms with Crippen LogP contribution in [-0.2, 0) is 4.79 Å². The standard InChI is InChI=1S/C31H34N8O/c40-28(14-20-8-3-1-4-9-20)34-22-15-21(17-32-18-22)25-16-23-26(19-33-25)37-38-29(23)31-35-24-10-7-11-27(30(24)36-31)39-12-5-2-6-13-39/h7,10-11,15-20H,1-6,8-9,12-14H2,(H,34,40)(H,35,36)(H,37,38). The maximum Gasteiger partial charge on any atom is 0.224 e. The molecule has 0 atom stereocenters. The Morgan fingerprint density at radius 1 is 0.975 bits per heavy atom. The number of rotatable bonds is 6. The highest BCUT2D eigenvalue weighted by atomic mass is 16.1. The molecule has 0 spiro atoms. The zero-order valence-electron chi connectivity index (χ0n) is 22.6. The summed E-state index contributed by atoms with van der Waals surface area (Å²) < 4.78 is 0. The van der Waals surface area contributed by atoms with Crippen LogP contribution in [0.4, 0.5) is 11.4 Å². The molecule has 0 radical (unpaired) electrons. The average Bonchev–Trinajstić information content (AvgIpc) is 3.62. The van der Waals surface area contributed by atoms with E-state index in [1.54, 1.807) is 18.6 Å². The molecule has 204 valence electrons. The van der Waals surface area contributed by atoms with Gasteiger partial charge in [0, 0.05) is 36.7 Å². The van der Waals surface area contributed by atoms with Gasteiger partial charge in [0.15, 0.2) is 5.82 Å². The lowest BCUT2D eigenvalue weighted by molar-refractivity contribution is -0.117. The molecule has 3 N–H and O–H groups in total. The number of piperidine rings is 1. The number of hydrogen-bond donors (Lipinski definition) is 3. The first-order valence-corrected chi connectivity index (χ1v) is 14.5. The molecule has 7 rings (SSSR count). The van der Waals surface area contributed by atoms with Gasteiger partial charge in [-0.3, -0.25) is 19.9 Å². The molecule has 1 amide bonds. The Morgan fingerprint density at radius 2 is 1.82 bits per heavy atom. The van der Waals surface area contributed by atoms with E-state index in [1.165, 1.54) is 44.2 Å². The van der Waals surface area contributed by atoms with Crippen LogP contribution in [0.1, 0.15) is 57.8 Å². The fourth-order valence-corrected chi connectivity index (χ4v) is 6.29. The first kappa shape index (κ1) is 24.7. The number of hydrogen-bond acceptors (Lipinski definition) is 6. The van der Waals surface area contributed by atoms with E-state index in [0.717, 1.165) is 70.6 Å². The van der Waals surface area contributed by atoms with E-state index in [9.17, 15) is 4.79 Å². The van der Waals surface area contributed by atoms with E-state index in [2.05, 4.69) is 53.6 Å². The molecule has 2 fully saturated rings. The van der Waals surface area contributed by atoms with E-state index in [0.29, 0.717) is 18.0 Å². The minimum atomic E-state index is 0.0557. The molecule has 1 aromatic carbocycles. The van der Waals surface area contributed by atoms with E-state index in [4.69, 9.17) is 4.98 Å². The molecule has 0 bridgehead atoms. The van der Waals surface area contributed by atoms with Crippen LogP contribution in [0.2, 0.25) is 0 Å². The molecule has 5 aromatic rings. The summed E-state index contributed by atoms with van der Waals surface area (Å²) >= 11 is 0. The van der Waals surface area contributed by atoms with Crippen LogP contribution in [0.3, 0.4) is 0 Å². The molecule has 1 saturated heterocycles. The minimum Gasteiger partial charge on any atom is -0.370 e. The van der Waals surface area contributed by atoms with E-state index < -0.39 is 0 Å². The van der Waals surface area contributed by atoms with Crippen LogP contribution in [0, 0.1) is 5.92 Å². The van der Waals surface area contributed by atoms with Crippen molar-refractivity contribution in [3.8, 4) is 22.8 Å². The highest BCUT2D eigenvalue weighted by Gasteiger charge is 2.20. The average molecular weight is 535 g/mol. The number of H-pyrrole nitrogens is 2. The first-order chi connectivity index (χ1) is 19.7. The molecule has 40 heavy (non-hydrogen) atoms. The maximum atomic E-state index is 12.7. The number of aromatic nitrogens is 6. The number of nitrogens with zero attached hydrogens (tertiary/aromatic N) is 5. The van der Waals surface area contributed by atoms with Crippen LogP contribution in [0.25, 0.3) is 44.7 Å². The number of benzene rings is 1. The third-order valence-electron chi connectivity index (χ3n) is 8.38. The normalized spacial score (nSPS) is 16.6. The van der Waals surface area contributed by atoms with Crippen LogP contribution in [-0.4, -0.2) is 49.1 Å². The quantitative estimate of drug-likeness (QED) is 0.230. The van der Waals surface area contributed by atoms with Gasteiger partial charge in [-0.15, -0.1) is 0 Å². The predicted molar refractivity (Wildman–Crippen MR) is 158 cm³/mol. The number of anilines is 2. The zero-order chi connectivity index (χ0) is 26.9. The molecular formula is C31H34N8O.